The van der Waals surface area contributed by atoms with Gasteiger partial charge < -0.3 is 5.11 Å². The average Bonchev–Trinajstić information content (AvgIpc) is 2.45. The predicted octanol–water partition coefficient (Wildman–Crippen LogP) is 6.06. The summed E-state index contributed by atoms with van der Waals surface area (Å²) in [5.41, 5.74) is 2.22. The fraction of sp³-hybridized carbons (Fsp3) is 0.333. The Labute approximate surface area is 120 Å². The number of phenols is 1. The van der Waals surface area contributed by atoms with Crippen LogP contribution in [0, 0.1) is 6.92 Å². The van der Waals surface area contributed by atoms with Gasteiger partial charge in [0, 0.05) is 0 Å². The molecule has 0 saturated carbocycles. The number of aryl methyl sites for hydroxylation is 1. The van der Waals surface area contributed by atoms with Crippen LogP contribution in [0.5, 0.6) is 5.75 Å². The highest BCUT2D eigenvalue weighted by atomic mass is 16.3. The summed E-state index contributed by atoms with van der Waals surface area (Å²) in [6.07, 6.45) is 5.50. The van der Waals surface area contributed by atoms with Crippen molar-refractivity contribution < 1.29 is 5.11 Å². The van der Waals surface area contributed by atoms with E-state index in [1.807, 2.05) is 65.8 Å². The molecule has 1 rings (SSSR count). The van der Waals surface area contributed by atoms with Crippen molar-refractivity contribution in [1.82, 2.24) is 0 Å². The SMILES string of the molecule is C=C/C=C\C(=C)C.CC.CC.Cc1ccc(O)cc1. The molecule has 1 N–H and O–H groups in total. The van der Waals surface area contributed by atoms with Crippen LogP contribution in [-0.4, -0.2) is 5.11 Å². The van der Waals surface area contributed by atoms with E-state index in [0.717, 1.165) is 5.57 Å². The summed E-state index contributed by atoms with van der Waals surface area (Å²) < 4.78 is 0. The van der Waals surface area contributed by atoms with Crippen molar-refractivity contribution >= 4 is 0 Å². The summed E-state index contributed by atoms with van der Waals surface area (Å²) in [6, 6.07) is 7.09. The van der Waals surface area contributed by atoms with E-state index in [4.69, 9.17) is 5.11 Å². The Morgan fingerprint density at radius 1 is 1.05 bits per heavy atom. The van der Waals surface area contributed by atoms with Gasteiger partial charge in [0.15, 0.2) is 0 Å². The second-order valence-corrected chi connectivity index (χ2v) is 3.28. The summed E-state index contributed by atoms with van der Waals surface area (Å²) in [5.74, 6) is 0.329. The van der Waals surface area contributed by atoms with Crippen LogP contribution >= 0.6 is 0 Å². The van der Waals surface area contributed by atoms with Gasteiger partial charge in [0.25, 0.3) is 0 Å². The van der Waals surface area contributed by atoms with E-state index < -0.39 is 0 Å². The zero-order valence-electron chi connectivity index (χ0n) is 13.4. The summed E-state index contributed by atoms with van der Waals surface area (Å²) >= 11 is 0. The van der Waals surface area contributed by atoms with Crippen molar-refractivity contribution in [3.63, 3.8) is 0 Å². The van der Waals surface area contributed by atoms with Crippen molar-refractivity contribution in [2.45, 2.75) is 41.5 Å². The molecule has 0 saturated heterocycles. The second kappa shape index (κ2) is 18.6. The fourth-order valence-corrected chi connectivity index (χ4v) is 0.777. The predicted molar refractivity (Wildman–Crippen MR) is 89.7 cm³/mol. The average molecular weight is 262 g/mol. The first-order chi connectivity index (χ1) is 9.06. The first-order valence-electron chi connectivity index (χ1n) is 6.76. The molecule has 1 nitrogen and oxygen atoms in total. The van der Waals surface area contributed by atoms with Gasteiger partial charge in [0.1, 0.15) is 5.75 Å². The molecule has 0 amide bonds. The molecular weight excluding hydrogens is 232 g/mol. The van der Waals surface area contributed by atoms with Gasteiger partial charge >= 0.3 is 0 Å². The van der Waals surface area contributed by atoms with Gasteiger partial charge in [-0.25, -0.2) is 0 Å². The lowest BCUT2D eigenvalue weighted by Gasteiger charge is -1.89. The molecule has 0 aliphatic rings. The fourth-order valence-electron chi connectivity index (χ4n) is 0.777. The number of rotatable bonds is 2. The van der Waals surface area contributed by atoms with Crippen molar-refractivity contribution in [1.29, 1.82) is 0 Å². The minimum atomic E-state index is 0.329. The molecule has 108 valence electrons. The maximum atomic E-state index is 8.76. The summed E-state index contributed by atoms with van der Waals surface area (Å²) in [5, 5.41) is 8.76. The van der Waals surface area contributed by atoms with Gasteiger partial charge in [-0.2, -0.15) is 0 Å². The van der Waals surface area contributed by atoms with E-state index in [2.05, 4.69) is 13.2 Å². The lowest BCUT2D eigenvalue weighted by molar-refractivity contribution is 0.475. The largest absolute Gasteiger partial charge is 0.508 e. The first-order valence-corrected chi connectivity index (χ1v) is 6.76. The molecule has 0 fully saturated rings. The highest BCUT2D eigenvalue weighted by Crippen LogP contribution is 2.07. The van der Waals surface area contributed by atoms with Crippen LogP contribution in [0.25, 0.3) is 0 Å². The zero-order chi connectivity index (χ0) is 15.7. The Morgan fingerprint density at radius 3 is 1.68 bits per heavy atom. The number of hydrogen-bond acceptors (Lipinski definition) is 1. The highest BCUT2D eigenvalue weighted by Gasteiger charge is 1.82. The minimum absolute atomic E-state index is 0.329. The van der Waals surface area contributed by atoms with Crippen LogP contribution in [-0.2, 0) is 0 Å². The van der Waals surface area contributed by atoms with E-state index in [1.165, 1.54) is 5.56 Å². The van der Waals surface area contributed by atoms with E-state index >= 15 is 0 Å². The van der Waals surface area contributed by atoms with Crippen LogP contribution in [0.15, 0.2) is 61.2 Å². The zero-order valence-corrected chi connectivity index (χ0v) is 13.4. The highest BCUT2D eigenvalue weighted by molar-refractivity contribution is 5.24. The van der Waals surface area contributed by atoms with E-state index in [-0.39, 0.29) is 0 Å². The molecule has 19 heavy (non-hydrogen) atoms. The quantitative estimate of drug-likeness (QED) is 0.642. The molecular formula is C18H30O. The third kappa shape index (κ3) is 22.0. The second-order valence-electron chi connectivity index (χ2n) is 3.28. The van der Waals surface area contributed by atoms with Crippen LogP contribution in [0.1, 0.15) is 40.2 Å². The van der Waals surface area contributed by atoms with Crippen LogP contribution in [0.2, 0.25) is 0 Å². The Balaban J connectivity index is -0.000000215. The standard InChI is InChI=1S/C7H8O.C7H10.2C2H6/c1-6-2-4-7(8)5-3-6;1-4-5-6-7(2)3;2*1-2/h2-5,8H,1H3;4-6H,1-2H2,3H3;2*1-2H3/b;6-5-;;. The van der Waals surface area contributed by atoms with Crippen LogP contribution in [0.3, 0.4) is 0 Å². The summed E-state index contributed by atoms with van der Waals surface area (Å²) in [4.78, 5) is 0. The Morgan fingerprint density at radius 2 is 1.47 bits per heavy atom. The van der Waals surface area contributed by atoms with Gasteiger partial charge in [-0.3, -0.25) is 0 Å². The third-order valence-electron chi connectivity index (χ3n) is 1.55. The minimum Gasteiger partial charge on any atom is -0.508 e. The molecule has 0 heterocycles. The number of aromatic hydroxyl groups is 1. The van der Waals surface area contributed by atoms with Gasteiger partial charge in [-0.05, 0) is 26.0 Å². The molecule has 0 bridgehead atoms. The first kappa shape index (κ1) is 22.4. The van der Waals surface area contributed by atoms with Crippen molar-refractivity contribution in [2.75, 3.05) is 0 Å². The number of benzene rings is 1. The molecule has 1 heteroatoms. The smallest absolute Gasteiger partial charge is 0.115 e. The maximum absolute atomic E-state index is 8.76. The lowest BCUT2D eigenvalue weighted by Crippen LogP contribution is -1.66. The van der Waals surface area contributed by atoms with Crippen LogP contribution < -0.4 is 0 Å². The summed E-state index contributed by atoms with van der Waals surface area (Å²) in [6.45, 7) is 19.1. The van der Waals surface area contributed by atoms with Crippen molar-refractivity contribution in [3.05, 3.63) is 66.8 Å². The summed E-state index contributed by atoms with van der Waals surface area (Å²) in [7, 11) is 0. The monoisotopic (exact) mass is 262 g/mol. The molecule has 0 atom stereocenters. The Bertz CT molecular complexity index is 310. The van der Waals surface area contributed by atoms with E-state index in [9.17, 15) is 0 Å². The molecule has 0 unspecified atom stereocenters. The molecule has 0 aliphatic carbocycles. The van der Waals surface area contributed by atoms with Crippen molar-refractivity contribution in [3.8, 4) is 5.75 Å². The van der Waals surface area contributed by atoms with E-state index in [1.54, 1.807) is 18.2 Å². The Kier molecular flexibility index (Phi) is 22.0. The van der Waals surface area contributed by atoms with Gasteiger partial charge in [0.05, 0.1) is 0 Å². The molecule has 1 aromatic rings. The third-order valence-corrected chi connectivity index (χ3v) is 1.55. The van der Waals surface area contributed by atoms with Gasteiger partial charge in [-0.1, -0.05) is 82.4 Å². The normalized spacial score (nSPS) is 7.89. The lowest BCUT2D eigenvalue weighted by atomic mass is 10.2. The molecule has 0 aliphatic heterocycles. The van der Waals surface area contributed by atoms with E-state index in [0.29, 0.717) is 5.75 Å². The van der Waals surface area contributed by atoms with Gasteiger partial charge in [-0.15, -0.1) is 0 Å². The van der Waals surface area contributed by atoms with Crippen LogP contribution in [0.4, 0.5) is 0 Å². The molecule has 1 aromatic carbocycles. The topological polar surface area (TPSA) is 20.2 Å². The number of hydrogen-bond donors (Lipinski definition) is 1. The van der Waals surface area contributed by atoms with Crippen molar-refractivity contribution in [2.24, 2.45) is 0 Å². The Hall–Kier alpha value is -1.76. The number of phenolic OH excluding ortho intramolecular Hbond substituents is 1. The molecule has 0 aromatic heterocycles. The van der Waals surface area contributed by atoms with Gasteiger partial charge in [0.2, 0.25) is 0 Å². The maximum Gasteiger partial charge on any atom is 0.115 e. The number of allylic oxidation sites excluding steroid dienone is 4. The molecule has 0 spiro atoms. The molecule has 0 radical (unpaired) electrons.